The lowest BCUT2D eigenvalue weighted by molar-refractivity contribution is -0.178. The van der Waals surface area contributed by atoms with Crippen molar-refractivity contribution in [1.82, 2.24) is 0 Å². The largest absolute Gasteiger partial charge is 0.442 e. The third-order valence-corrected chi connectivity index (χ3v) is 5.95. The summed E-state index contributed by atoms with van der Waals surface area (Å²) in [5.41, 5.74) is -2.62. The lowest BCUT2D eigenvalue weighted by Gasteiger charge is -2.33. The molecule has 0 spiro atoms. The van der Waals surface area contributed by atoms with Crippen molar-refractivity contribution < 1.29 is 28.7 Å². The molecule has 6 nitrogen and oxygen atoms in total. The average molecular weight is 451 g/mol. The Kier molecular flexibility index (Phi) is 9.55. The van der Waals surface area contributed by atoms with Crippen molar-refractivity contribution in [3.63, 3.8) is 0 Å². The van der Waals surface area contributed by atoms with Gasteiger partial charge in [0.1, 0.15) is 5.92 Å². The molecule has 0 heterocycles. The van der Waals surface area contributed by atoms with Gasteiger partial charge < -0.3 is 4.74 Å². The summed E-state index contributed by atoms with van der Waals surface area (Å²) in [4.78, 5) is 66.4. The molecule has 1 saturated carbocycles. The monoisotopic (exact) mass is 450 g/mol. The van der Waals surface area contributed by atoms with Gasteiger partial charge >= 0.3 is 5.97 Å². The van der Waals surface area contributed by atoms with Gasteiger partial charge in [0, 0.05) is 12.3 Å². The standard InChI is InChI=1S/C26H42O6/c1-15(2)10-12-18-23(30)21(22(29)17(5)6)24(31)26(18,19(27)13-11-16(3)4)32-20(28)14-25(7,8)9/h15-18,21H,10-14H2,1-9H3. The smallest absolute Gasteiger partial charge is 0.307 e. The first-order chi connectivity index (χ1) is 14.5. The fraction of sp³-hybridized carbons (Fsp3) is 0.808. The Hall–Kier alpha value is -1.85. The molecule has 32 heavy (non-hydrogen) atoms. The van der Waals surface area contributed by atoms with E-state index >= 15 is 0 Å². The second-order valence-electron chi connectivity index (χ2n) is 11.6. The predicted octanol–water partition coefficient (Wildman–Crippen LogP) is 4.76. The SMILES string of the molecule is CC(C)CCC(=O)C1(OC(=O)CC(C)(C)C)C(=O)C(C(=O)C(C)C)C(=O)C1CCC(C)C. The molecule has 0 bridgehead atoms. The van der Waals surface area contributed by atoms with Gasteiger partial charge in [0.25, 0.3) is 0 Å². The van der Waals surface area contributed by atoms with Crippen LogP contribution in [0.5, 0.6) is 0 Å². The number of Topliss-reactive ketones (excluding diaryl/α,β-unsaturated/α-hetero) is 4. The summed E-state index contributed by atoms with van der Waals surface area (Å²) in [6.45, 7) is 16.7. The van der Waals surface area contributed by atoms with Crippen molar-refractivity contribution in [2.45, 2.75) is 100 Å². The molecule has 3 unspecified atom stereocenters. The summed E-state index contributed by atoms with van der Waals surface area (Å²) in [5, 5.41) is 0. The van der Waals surface area contributed by atoms with Crippen LogP contribution >= 0.6 is 0 Å². The summed E-state index contributed by atoms with van der Waals surface area (Å²) in [6.07, 6.45) is 1.30. The molecule has 3 atom stereocenters. The molecular weight excluding hydrogens is 408 g/mol. The minimum Gasteiger partial charge on any atom is -0.442 e. The van der Waals surface area contributed by atoms with Crippen LogP contribution < -0.4 is 0 Å². The fourth-order valence-electron chi connectivity index (χ4n) is 4.13. The van der Waals surface area contributed by atoms with Crippen LogP contribution in [0.2, 0.25) is 0 Å². The second kappa shape index (κ2) is 10.8. The van der Waals surface area contributed by atoms with E-state index in [0.29, 0.717) is 12.8 Å². The van der Waals surface area contributed by atoms with Crippen LogP contribution in [-0.2, 0) is 28.7 Å². The van der Waals surface area contributed by atoms with Crippen molar-refractivity contribution >= 4 is 29.1 Å². The summed E-state index contributed by atoms with van der Waals surface area (Å²) in [5.74, 6) is -5.98. The molecule has 182 valence electrons. The van der Waals surface area contributed by atoms with Gasteiger partial charge in [0.15, 0.2) is 17.3 Å². The quantitative estimate of drug-likeness (QED) is 0.333. The molecule has 0 N–H and O–H groups in total. The van der Waals surface area contributed by atoms with E-state index in [9.17, 15) is 24.0 Å². The molecule has 1 rings (SSSR count). The maximum atomic E-state index is 13.7. The van der Waals surface area contributed by atoms with E-state index in [1.807, 2.05) is 48.5 Å². The first-order valence-electron chi connectivity index (χ1n) is 11.9. The van der Waals surface area contributed by atoms with Crippen LogP contribution in [0.25, 0.3) is 0 Å². The third kappa shape index (κ3) is 6.58. The average Bonchev–Trinajstić information content (AvgIpc) is 2.82. The number of carbonyl (C=O) groups is 5. The van der Waals surface area contributed by atoms with Gasteiger partial charge in [-0.2, -0.15) is 0 Å². The molecule has 1 fully saturated rings. The highest BCUT2D eigenvalue weighted by molar-refractivity contribution is 6.34. The number of hydrogen-bond acceptors (Lipinski definition) is 6. The number of ether oxygens (including phenoxy) is 1. The molecule has 0 saturated heterocycles. The van der Waals surface area contributed by atoms with Crippen LogP contribution in [0.4, 0.5) is 0 Å². The van der Waals surface area contributed by atoms with E-state index < -0.39 is 57.9 Å². The first-order valence-corrected chi connectivity index (χ1v) is 11.9. The zero-order valence-corrected chi connectivity index (χ0v) is 21.4. The van der Waals surface area contributed by atoms with E-state index in [-0.39, 0.29) is 31.1 Å². The Morgan fingerprint density at radius 1 is 0.938 bits per heavy atom. The van der Waals surface area contributed by atoms with E-state index in [1.165, 1.54) is 0 Å². The van der Waals surface area contributed by atoms with Crippen molar-refractivity contribution in [3.8, 4) is 0 Å². The second-order valence-corrected chi connectivity index (χ2v) is 11.6. The van der Waals surface area contributed by atoms with Gasteiger partial charge in [-0.3, -0.25) is 24.0 Å². The number of carbonyl (C=O) groups excluding carboxylic acids is 5. The molecule has 0 aliphatic heterocycles. The highest BCUT2D eigenvalue weighted by atomic mass is 16.6. The Balaban J connectivity index is 3.59. The van der Waals surface area contributed by atoms with E-state index in [0.717, 1.165) is 0 Å². The van der Waals surface area contributed by atoms with Crippen molar-refractivity contribution in [2.75, 3.05) is 0 Å². The highest BCUT2D eigenvalue weighted by Gasteiger charge is 2.67. The minimum atomic E-state index is -2.20. The van der Waals surface area contributed by atoms with E-state index in [2.05, 4.69) is 0 Å². The number of rotatable bonds is 11. The number of esters is 1. The summed E-state index contributed by atoms with van der Waals surface area (Å²) in [7, 11) is 0. The van der Waals surface area contributed by atoms with Crippen LogP contribution in [0.15, 0.2) is 0 Å². The Bertz CT molecular complexity index is 740. The molecule has 0 radical (unpaired) electrons. The lowest BCUT2D eigenvalue weighted by atomic mass is 9.79. The van der Waals surface area contributed by atoms with Crippen molar-refractivity contribution in [3.05, 3.63) is 0 Å². The van der Waals surface area contributed by atoms with Crippen LogP contribution in [0, 0.1) is 35.0 Å². The van der Waals surface area contributed by atoms with Crippen LogP contribution in [0.3, 0.4) is 0 Å². The van der Waals surface area contributed by atoms with Crippen molar-refractivity contribution in [1.29, 1.82) is 0 Å². The van der Waals surface area contributed by atoms with Gasteiger partial charge in [-0.1, -0.05) is 68.7 Å². The molecule has 6 heteroatoms. The lowest BCUT2D eigenvalue weighted by Crippen LogP contribution is -2.54. The first kappa shape index (κ1) is 28.2. The fourth-order valence-corrected chi connectivity index (χ4v) is 4.13. The normalized spacial score (nSPS) is 24.0. The molecule has 0 aromatic carbocycles. The molecule has 1 aliphatic rings. The summed E-state index contributed by atoms with van der Waals surface area (Å²) < 4.78 is 5.75. The molecule has 0 amide bonds. The summed E-state index contributed by atoms with van der Waals surface area (Å²) in [6, 6.07) is 0. The van der Waals surface area contributed by atoms with E-state index in [4.69, 9.17) is 4.74 Å². The zero-order valence-electron chi connectivity index (χ0n) is 21.4. The van der Waals surface area contributed by atoms with Crippen LogP contribution in [-0.4, -0.2) is 34.7 Å². The number of ketones is 4. The van der Waals surface area contributed by atoms with E-state index in [1.54, 1.807) is 13.8 Å². The molecule has 0 aromatic rings. The minimum absolute atomic E-state index is 0.00657. The topological polar surface area (TPSA) is 94.6 Å². The van der Waals surface area contributed by atoms with Crippen LogP contribution in [0.1, 0.15) is 94.4 Å². The van der Waals surface area contributed by atoms with Gasteiger partial charge in [-0.05, 0) is 30.1 Å². The molecule has 1 aliphatic carbocycles. The Labute approximate surface area is 193 Å². The molecular formula is C26H42O6. The zero-order chi connectivity index (χ0) is 25.0. The van der Waals surface area contributed by atoms with Gasteiger partial charge in [-0.25, -0.2) is 0 Å². The predicted molar refractivity (Wildman–Crippen MR) is 123 cm³/mol. The molecule has 0 aromatic heterocycles. The van der Waals surface area contributed by atoms with Gasteiger partial charge in [-0.15, -0.1) is 0 Å². The number of hydrogen-bond donors (Lipinski definition) is 0. The summed E-state index contributed by atoms with van der Waals surface area (Å²) >= 11 is 0. The highest BCUT2D eigenvalue weighted by Crippen LogP contribution is 2.44. The Morgan fingerprint density at radius 2 is 1.47 bits per heavy atom. The maximum Gasteiger partial charge on any atom is 0.307 e. The maximum absolute atomic E-state index is 13.7. The Morgan fingerprint density at radius 3 is 1.91 bits per heavy atom. The third-order valence-electron chi connectivity index (χ3n) is 5.95. The van der Waals surface area contributed by atoms with Gasteiger partial charge in [0.05, 0.1) is 12.3 Å². The van der Waals surface area contributed by atoms with Gasteiger partial charge in [0.2, 0.25) is 11.4 Å². The van der Waals surface area contributed by atoms with Crippen molar-refractivity contribution in [2.24, 2.45) is 35.0 Å².